The summed E-state index contributed by atoms with van der Waals surface area (Å²) in [4.78, 5) is 25.8. The van der Waals surface area contributed by atoms with Gasteiger partial charge in [0.05, 0.1) is 11.1 Å². The number of hydrogen-bond acceptors (Lipinski definition) is 4. The van der Waals surface area contributed by atoms with Gasteiger partial charge in [-0.25, -0.2) is 4.79 Å². The molecular weight excluding hydrogens is 460 g/mol. The maximum atomic E-state index is 13.0. The van der Waals surface area contributed by atoms with E-state index < -0.39 is 5.97 Å². The molecule has 0 spiro atoms. The number of esters is 1. The van der Waals surface area contributed by atoms with E-state index in [1.165, 1.54) is 0 Å². The van der Waals surface area contributed by atoms with Crippen LogP contribution < -0.4 is 9.47 Å². The maximum absolute atomic E-state index is 13.0. The molecule has 0 unspecified atom stereocenters. The highest BCUT2D eigenvalue weighted by molar-refractivity contribution is 6.15. The second-order valence-electron chi connectivity index (χ2n) is 10.2. The summed E-state index contributed by atoms with van der Waals surface area (Å²) >= 11 is 0. The first-order chi connectivity index (χ1) is 17.7. The molecule has 1 heterocycles. The van der Waals surface area contributed by atoms with Gasteiger partial charge >= 0.3 is 5.97 Å². The molecule has 4 nitrogen and oxygen atoms in total. The molecule has 1 aliphatic heterocycles. The minimum absolute atomic E-state index is 0.00194. The number of ether oxygens (including phenoxy) is 2. The average molecular weight is 489 g/mol. The van der Waals surface area contributed by atoms with Crippen LogP contribution >= 0.6 is 0 Å². The number of ketones is 1. The van der Waals surface area contributed by atoms with Gasteiger partial charge in [0.25, 0.3) is 0 Å². The maximum Gasteiger partial charge on any atom is 0.343 e. The van der Waals surface area contributed by atoms with Gasteiger partial charge in [-0.2, -0.15) is 0 Å². The number of hydrogen-bond donors (Lipinski definition) is 0. The van der Waals surface area contributed by atoms with Crippen LogP contribution in [0.4, 0.5) is 0 Å². The van der Waals surface area contributed by atoms with Crippen LogP contribution in [0.1, 0.15) is 58.2 Å². The van der Waals surface area contributed by atoms with Crippen molar-refractivity contribution in [3.05, 3.63) is 125 Å². The summed E-state index contributed by atoms with van der Waals surface area (Å²) < 4.78 is 11.6. The molecular formula is C33H28O4. The summed E-state index contributed by atoms with van der Waals surface area (Å²) in [5, 5.41) is 0. The quantitative estimate of drug-likeness (QED) is 0.167. The van der Waals surface area contributed by atoms with E-state index in [1.54, 1.807) is 37.3 Å². The van der Waals surface area contributed by atoms with Crippen molar-refractivity contribution in [2.75, 3.05) is 0 Å². The number of Topliss-reactive ketones (excluding diaryl/α,β-unsaturated/α-hetero) is 1. The smallest absolute Gasteiger partial charge is 0.343 e. The van der Waals surface area contributed by atoms with Crippen LogP contribution in [0.15, 0.2) is 96.8 Å². The van der Waals surface area contributed by atoms with Gasteiger partial charge in [0, 0.05) is 5.56 Å². The molecule has 184 valence electrons. The van der Waals surface area contributed by atoms with Crippen molar-refractivity contribution in [2.45, 2.75) is 33.1 Å². The third-order valence-electron chi connectivity index (χ3n) is 6.54. The van der Waals surface area contributed by atoms with E-state index in [-0.39, 0.29) is 17.0 Å². The number of carbonyl (C=O) groups excluding carboxylic acids is 2. The Balaban J connectivity index is 1.34. The summed E-state index contributed by atoms with van der Waals surface area (Å²) in [5.41, 5.74) is 5.75. The lowest BCUT2D eigenvalue weighted by Crippen LogP contribution is -2.13. The lowest BCUT2D eigenvalue weighted by molar-refractivity contribution is 0.0733. The number of rotatable bonds is 4. The van der Waals surface area contributed by atoms with E-state index in [1.807, 2.05) is 54.6 Å². The summed E-state index contributed by atoms with van der Waals surface area (Å²) in [6, 6.07) is 28.8. The van der Waals surface area contributed by atoms with Crippen molar-refractivity contribution in [1.82, 2.24) is 0 Å². The van der Waals surface area contributed by atoms with Crippen molar-refractivity contribution in [3.8, 4) is 22.6 Å². The molecule has 0 aromatic heterocycles. The van der Waals surface area contributed by atoms with Crippen molar-refractivity contribution in [3.63, 3.8) is 0 Å². The van der Waals surface area contributed by atoms with E-state index in [0.717, 1.165) is 22.3 Å². The molecule has 4 aromatic carbocycles. The summed E-state index contributed by atoms with van der Waals surface area (Å²) in [5.74, 6) is 0.380. The van der Waals surface area contributed by atoms with E-state index in [2.05, 4.69) is 32.9 Å². The third kappa shape index (κ3) is 4.96. The van der Waals surface area contributed by atoms with Crippen molar-refractivity contribution < 1.29 is 19.1 Å². The normalized spacial score (nSPS) is 13.8. The first-order valence-corrected chi connectivity index (χ1v) is 12.3. The van der Waals surface area contributed by atoms with Gasteiger partial charge in [0.2, 0.25) is 5.78 Å². The van der Waals surface area contributed by atoms with Crippen LogP contribution in [-0.2, 0) is 5.41 Å². The minimum Gasteiger partial charge on any atom is -0.452 e. The SMILES string of the molecule is Cc1c(OC(=O)c2ccc(C(C)(C)C)cc2)ccc2c1O/C(=C\c1ccc(-c3ccccc3)cc1)C2=O. The molecule has 5 rings (SSSR count). The second kappa shape index (κ2) is 9.55. The van der Waals surface area contributed by atoms with Crippen molar-refractivity contribution in [2.24, 2.45) is 0 Å². The highest BCUT2D eigenvalue weighted by Crippen LogP contribution is 2.39. The zero-order valence-corrected chi connectivity index (χ0v) is 21.4. The van der Waals surface area contributed by atoms with Crippen molar-refractivity contribution in [1.29, 1.82) is 0 Å². The number of benzene rings is 4. The Bertz CT molecular complexity index is 1500. The Kier molecular flexibility index (Phi) is 6.26. The Labute approximate surface area is 217 Å². The molecule has 37 heavy (non-hydrogen) atoms. The Morgan fingerprint density at radius 2 is 1.46 bits per heavy atom. The van der Waals surface area contributed by atoms with Gasteiger partial charge in [-0.1, -0.05) is 87.5 Å². The Morgan fingerprint density at radius 1 is 0.811 bits per heavy atom. The van der Waals surface area contributed by atoms with Crippen LogP contribution in [0.5, 0.6) is 11.5 Å². The monoisotopic (exact) mass is 488 g/mol. The molecule has 0 N–H and O–H groups in total. The zero-order chi connectivity index (χ0) is 26.2. The van der Waals surface area contributed by atoms with E-state index in [4.69, 9.17) is 9.47 Å². The lowest BCUT2D eigenvalue weighted by Gasteiger charge is -2.19. The van der Waals surface area contributed by atoms with Gasteiger partial charge < -0.3 is 9.47 Å². The van der Waals surface area contributed by atoms with Crippen LogP contribution in [0.2, 0.25) is 0 Å². The second-order valence-corrected chi connectivity index (χ2v) is 10.2. The van der Waals surface area contributed by atoms with Crippen LogP contribution in [0, 0.1) is 6.92 Å². The largest absolute Gasteiger partial charge is 0.452 e. The first-order valence-electron chi connectivity index (χ1n) is 12.3. The fourth-order valence-corrected chi connectivity index (χ4v) is 4.30. The van der Waals surface area contributed by atoms with Gasteiger partial charge in [0.1, 0.15) is 11.5 Å². The van der Waals surface area contributed by atoms with Crippen LogP contribution in [0.25, 0.3) is 17.2 Å². The third-order valence-corrected chi connectivity index (χ3v) is 6.54. The van der Waals surface area contributed by atoms with Gasteiger partial charge in [0.15, 0.2) is 5.76 Å². The molecule has 4 aromatic rings. The molecule has 1 aliphatic rings. The van der Waals surface area contributed by atoms with Gasteiger partial charge in [-0.05, 0) is 64.9 Å². The molecule has 0 radical (unpaired) electrons. The molecule has 0 bridgehead atoms. The molecule has 0 amide bonds. The Morgan fingerprint density at radius 3 is 2.11 bits per heavy atom. The van der Waals surface area contributed by atoms with Crippen molar-refractivity contribution >= 4 is 17.8 Å². The van der Waals surface area contributed by atoms with Gasteiger partial charge in [-0.3, -0.25) is 4.79 Å². The number of fused-ring (bicyclic) bond motifs is 1. The molecule has 0 saturated heterocycles. The fourth-order valence-electron chi connectivity index (χ4n) is 4.30. The molecule has 4 heteroatoms. The fraction of sp³-hybridized carbons (Fsp3) is 0.152. The summed E-state index contributed by atoms with van der Waals surface area (Å²) in [6.45, 7) is 8.16. The standard InChI is InChI=1S/C33H28O4/c1-21-28(37-32(35)25-14-16-26(17-15-25)33(2,3)4)19-18-27-30(34)29(36-31(21)27)20-22-10-12-24(13-11-22)23-8-6-5-7-9-23/h5-20H,1-4H3/b29-20-. The van der Waals surface area contributed by atoms with E-state index >= 15 is 0 Å². The van der Waals surface area contributed by atoms with Crippen LogP contribution in [-0.4, -0.2) is 11.8 Å². The average Bonchev–Trinajstić information content (AvgIpc) is 3.22. The molecule has 0 fully saturated rings. The molecule has 0 saturated carbocycles. The first kappa shape index (κ1) is 24.3. The highest BCUT2D eigenvalue weighted by atomic mass is 16.5. The topological polar surface area (TPSA) is 52.6 Å². The summed E-state index contributed by atoms with van der Waals surface area (Å²) in [7, 11) is 0. The van der Waals surface area contributed by atoms with Crippen LogP contribution in [0.3, 0.4) is 0 Å². The predicted molar refractivity (Wildman–Crippen MR) is 146 cm³/mol. The Hall–Kier alpha value is -4.44. The highest BCUT2D eigenvalue weighted by Gasteiger charge is 2.30. The predicted octanol–water partition coefficient (Wildman–Crippen LogP) is 7.79. The minimum atomic E-state index is -0.456. The lowest BCUT2D eigenvalue weighted by atomic mass is 9.87. The van der Waals surface area contributed by atoms with E-state index in [0.29, 0.717) is 28.2 Å². The molecule has 0 aliphatic carbocycles. The number of allylic oxidation sites excluding steroid dienone is 1. The molecule has 0 atom stereocenters. The number of carbonyl (C=O) groups is 2. The van der Waals surface area contributed by atoms with E-state index in [9.17, 15) is 9.59 Å². The summed E-state index contributed by atoms with van der Waals surface area (Å²) in [6.07, 6.45) is 1.74. The zero-order valence-electron chi connectivity index (χ0n) is 21.4. The van der Waals surface area contributed by atoms with Gasteiger partial charge in [-0.15, -0.1) is 0 Å².